The third-order valence-corrected chi connectivity index (χ3v) is 3.09. The van der Waals surface area contributed by atoms with Crippen LogP contribution in [0.25, 0.3) is 0 Å². The molecule has 0 saturated carbocycles. The van der Waals surface area contributed by atoms with Gasteiger partial charge < -0.3 is 5.32 Å². The number of nitrogens with one attached hydrogen (secondary N) is 1. The van der Waals surface area contributed by atoms with Gasteiger partial charge in [0.05, 0.1) is 0 Å². The van der Waals surface area contributed by atoms with Gasteiger partial charge in [-0.15, -0.1) is 0 Å². The second kappa shape index (κ2) is 3.61. The maximum atomic E-state index is 3.57. The summed E-state index contributed by atoms with van der Waals surface area (Å²) in [5.41, 5.74) is 0.911. The summed E-state index contributed by atoms with van der Waals surface area (Å²) in [5.74, 6) is 0. The Morgan fingerprint density at radius 2 is 1.15 bits per heavy atom. The summed E-state index contributed by atoms with van der Waals surface area (Å²) >= 11 is 0. The molecular weight excluding hydrogens is 158 g/mol. The van der Waals surface area contributed by atoms with Crippen molar-refractivity contribution in [1.29, 1.82) is 0 Å². The highest BCUT2D eigenvalue weighted by Gasteiger charge is 2.33. The Morgan fingerprint density at radius 1 is 0.769 bits per heavy atom. The van der Waals surface area contributed by atoms with Crippen LogP contribution in [0.4, 0.5) is 0 Å². The molecule has 13 heavy (non-hydrogen) atoms. The van der Waals surface area contributed by atoms with Gasteiger partial charge in [-0.25, -0.2) is 0 Å². The molecule has 0 spiro atoms. The van der Waals surface area contributed by atoms with Gasteiger partial charge in [-0.2, -0.15) is 0 Å². The van der Waals surface area contributed by atoms with E-state index in [1.807, 2.05) is 0 Å². The van der Waals surface area contributed by atoms with Crippen LogP contribution in [0.15, 0.2) is 0 Å². The Bertz CT molecular complexity index is 155. The van der Waals surface area contributed by atoms with Crippen molar-refractivity contribution in [2.45, 2.75) is 60.9 Å². The number of hydrogen-bond donors (Lipinski definition) is 1. The molecule has 80 valence electrons. The minimum absolute atomic E-state index is 0.225. The van der Waals surface area contributed by atoms with Crippen molar-refractivity contribution in [3.8, 4) is 0 Å². The van der Waals surface area contributed by atoms with E-state index in [1.54, 1.807) is 0 Å². The van der Waals surface area contributed by atoms with Gasteiger partial charge in [-0.05, 0) is 31.6 Å². The maximum absolute atomic E-state index is 3.57. The third-order valence-electron chi connectivity index (χ3n) is 3.09. The molecule has 0 bridgehead atoms. The van der Waals surface area contributed by atoms with E-state index in [1.165, 1.54) is 0 Å². The lowest BCUT2D eigenvalue weighted by atomic mass is 9.69. The van der Waals surface area contributed by atoms with Crippen molar-refractivity contribution in [3.63, 3.8) is 0 Å². The zero-order valence-electron chi connectivity index (χ0n) is 10.7. The summed E-state index contributed by atoms with van der Waals surface area (Å²) in [7, 11) is 0. The van der Waals surface area contributed by atoms with Crippen molar-refractivity contribution in [2.75, 3.05) is 6.54 Å². The summed E-state index contributed by atoms with van der Waals surface area (Å²) in [4.78, 5) is 0. The molecule has 0 aromatic carbocycles. The molecule has 0 rings (SSSR count). The molecule has 0 aromatic heterocycles. The van der Waals surface area contributed by atoms with Crippen LogP contribution in [-0.2, 0) is 0 Å². The Balaban J connectivity index is 4.21. The second-order valence-corrected chi connectivity index (χ2v) is 6.74. The highest BCUT2D eigenvalue weighted by Crippen LogP contribution is 2.37. The van der Waals surface area contributed by atoms with Crippen LogP contribution in [-0.4, -0.2) is 12.1 Å². The fraction of sp³-hybridized carbons (Fsp3) is 1.00. The molecule has 0 aromatic rings. The smallest absolute Gasteiger partial charge is 0.00967 e. The summed E-state index contributed by atoms with van der Waals surface area (Å²) in [6, 6.07) is 0. The van der Waals surface area contributed by atoms with Crippen LogP contribution in [0, 0.1) is 10.8 Å². The van der Waals surface area contributed by atoms with Gasteiger partial charge in [0.1, 0.15) is 0 Å². The molecule has 0 unspecified atom stereocenters. The lowest BCUT2D eigenvalue weighted by molar-refractivity contribution is 0.119. The molecular formula is C12H27N. The molecule has 1 N–H and O–H groups in total. The highest BCUT2D eigenvalue weighted by molar-refractivity contribution is 4.86. The van der Waals surface area contributed by atoms with Crippen LogP contribution < -0.4 is 5.32 Å². The van der Waals surface area contributed by atoms with Crippen molar-refractivity contribution >= 4 is 0 Å². The van der Waals surface area contributed by atoms with E-state index in [-0.39, 0.29) is 5.54 Å². The number of rotatable bonds is 2. The van der Waals surface area contributed by atoms with E-state index in [0.29, 0.717) is 10.8 Å². The predicted molar refractivity (Wildman–Crippen MR) is 61.0 cm³/mol. The first-order valence-electron chi connectivity index (χ1n) is 5.21. The van der Waals surface area contributed by atoms with Crippen LogP contribution in [0.2, 0.25) is 0 Å². The molecule has 0 fully saturated rings. The average Bonchev–Trinajstić information content (AvgIpc) is 1.79. The van der Waals surface area contributed by atoms with Gasteiger partial charge in [0, 0.05) is 12.1 Å². The van der Waals surface area contributed by atoms with Gasteiger partial charge in [0.2, 0.25) is 0 Å². The van der Waals surface area contributed by atoms with Crippen LogP contribution in [0.3, 0.4) is 0 Å². The summed E-state index contributed by atoms with van der Waals surface area (Å²) < 4.78 is 0. The van der Waals surface area contributed by atoms with Gasteiger partial charge in [-0.1, -0.05) is 34.6 Å². The van der Waals surface area contributed by atoms with Crippen molar-refractivity contribution in [2.24, 2.45) is 10.8 Å². The maximum Gasteiger partial charge on any atom is 0.00967 e. The lowest BCUT2D eigenvalue weighted by Gasteiger charge is -2.41. The Labute approximate surface area is 84.3 Å². The zero-order chi connectivity index (χ0) is 10.9. The van der Waals surface area contributed by atoms with E-state index in [9.17, 15) is 0 Å². The van der Waals surface area contributed by atoms with Gasteiger partial charge in [0.15, 0.2) is 0 Å². The first-order valence-corrected chi connectivity index (χ1v) is 5.21. The molecule has 0 aliphatic carbocycles. The van der Waals surface area contributed by atoms with Gasteiger partial charge in [-0.3, -0.25) is 0 Å². The quantitative estimate of drug-likeness (QED) is 0.695. The SMILES string of the molecule is CC(C)(C)NCC(C)(C)C(C)(C)C. The second-order valence-electron chi connectivity index (χ2n) is 6.74. The molecule has 0 amide bonds. The van der Waals surface area contributed by atoms with E-state index in [4.69, 9.17) is 0 Å². The van der Waals surface area contributed by atoms with E-state index in [2.05, 4.69) is 60.7 Å². The molecule has 0 radical (unpaired) electrons. The Kier molecular flexibility index (Phi) is 3.59. The van der Waals surface area contributed by atoms with E-state index in [0.717, 1.165) is 6.54 Å². The zero-order valence-corrected chi connectivity index (χ0v) is 10.7. The van der Waals surface area contributed by atoms with E-state index >= 15 is 0 Å². The van der Waals surface area contributed by atoms with Crippen molar-refractivity contribution in [3.05, 3.63) is 0 Å². The Hall–Kier alpha value is -0.0400. The summed E-state index contributed by atoms with van der Waals surface area (Å²) in [5, 5.41) is 3.57. The lowest BCUT2D eigenvalue weighted by Crippen LogP contribution is -2.46. The predicted octanol–water partition coefficient (Wildman–Crippen LogP) is 3.45. The van der Waals surface area contributed by atoms with Gasteiger partial charge in [0.25, 0.3) is 0 Å². The monoisotopic (exact) mass is 185 g/mol. The highest BCUT2D eigenvalue weighted by atomic mass is 15.0. The summed E-state index contributed by atoms with van der Waals surface area (Å²) in [6.07, 6.45) is 0. The fourth-order valence-electron chi connectivity index (χ4n) is 0.751. The van der Waals surface area contributed by atoms with Crippen molar-refractivity contribution < 1.29 is 0 Å². The molecule has 0 aliphatic heterocycles. The van der Waals surface area contributed by atoms with Gasteiger partial charge >= 0.3 is 0 Å². The first-order chi connectivity index (χ1) is 5.46. The number of hydrogen-bond acceptors (Lipinski definition) is 1. The summed E-state index contributed by atoms with van der Waals surface area (Å²) in [6.45, 7) is 19.3. The minimum atomic E-state index is 0.225. The molecule has 0 aliphatic rings. The van der Waals surface area contributed by atoms with E-state index < -0.39 is 0 Å². The average molecular weight is 185 g/mol. The molecule has 1 heteroatoms. The minimum Gasteiger partial charge on any atom is -0.312 e. The molecule has 1 nitrogen and oxygen atoms in total. The van der Waals surface area contributed by atoms with Crippen LogP contribution >= 0.6 is 0 Å². The fourth-order valence-corrected chi connectivity index (χ4v) is 0.751. The molecule has 0 atom stereocenters. The topological polar surface area (TPSA) is 12.0 Å². The standard InChI is InChI=1S/C12H27N/c1-10(2,3)12(7,8)9-13-11(4,5)6/h13H,9H2,1-8H3. The normalized spacial score (nSPS) is 14.8. The van der Waals surface area contributed by atoms with Crippen molar-refractivity contribution in [1.82, 2.24) is 5.32 Å². The Morgan fingerprint density at radius 3 is 1.38 bits per heavy atom. The molecule has 0 heterocycles. The largest absolute Gasteiger partial charge is 0.312 e. The van der Waals surface area contributed by atoms with Crippen LogP contribution in [0.5, 0.6) is 0 Å². The first kappa shape index (κ1) is 13.0. The molecule has 0 saturated heterocycles. The van der Waals surface area contributed by atoms with Crippen LogP contribution in [0.1, 0.15) is 55.4 Å². The third kappa shape index (κ3) is 4.66.